The van der Waals surface area contributed by atoms with Gasteiger partial charge in [0.15, 0.2) is 0 Å². The zero-order chi connectivity index (χ0) is 30.4. The number of aryl methyl sites for hydroxylation is 2. The van der Waals surface area contributed by atoms with Gasteiger partial charge in [-0.05, 0) is 81.3 Å². The van der Waals surface area contributed by atoms with Crippen LogP contribution in [0, 0.1) is 13.8 Å². The highest BCUT2D eigenvalue weighted by atomic mass is 32.2. The Hall–Kier alpha value is -4.94. The van der Waals surface area contributed by atoms with Crippen LogP contribution in [0.25, 0.3) is 32.9 Å². The van der Waals surface area contributed by atoms with Gasteiger partial charge < -0.3 is 10.4 Å². The second-order valence-corrected chi connectivity index (χ2v) is 12.8. The Labute approximate surface area is 248 Å². The van der Waals surface area contributed by atoms with Gasteiger partial charge in [-0.1, -0.05) is 6.07 Å². The van der Waals surface area contributed by atoms with E-state index in [1.54, 1.807) is 50.8 Å². The van der Waals surface area contributed by atoms with E-state index in [9.17, 15) is 13.5 Å². The quantitative estimate of drug-likeness (QED) is 0.212. The summed E-state index contributed by atoms with van der Waals surface area (Å²) in [5, 5.41) is 20.9. The van der Waals surface area contributed by atoms with Crippen LogP contribution in [0.1, 0.15) is 25.0 Å². The molecule has 43 heavy (non-hydrogen) atoms. The van der Waals surface area contributed by atoms with Crippen LogP contribution in [0.4, 0.5) is 17.5 Å². The Balaban J connectivity index is 1.28. The number of anilines is 3. The molecule has 12 heteroatoms. The number of aromatic nitrogens is 6. The lowest BCUT2D eigenvalue weighted by Gasteiger charge is -2.18. The van der Waals surface area contributed by atoms with Crippen molar-refractivity contribution in [2.24, 2.45) is 0 Å². The Morgan fingerprint density at radius 3 is 2.35 bits per heavy atom. The Kier molecular flexibility index (Phi) is 7.03. The zero-order valence-corrected chi connectivity index (χ0v) is 24.9. The van der Waals surface area contributed by atoms with Gasteiger partial charge in [0.25, 0.3) is 10.0 Å². The standard InChI is InChI=1S/C31H30N8O3S/c1-19-14-34-30(35-15-19)38-43(41,42)23-7-5-22(6-8-23)37-28-13-25-21(16-33-28)11-12-32-29(25)24-9-10-27-26(20(24)2)17-36-39(27)18-31(3,4)40/h5-17,40H,18H2,1-4H3,(H,33,37)(H,34,35,38). The molecular weight excluding hydrogens is 564 g/mol. The summed E-state index contributed by atoms with van der Waals surface area (Å²) in [6.07, 6.45) is 8.46. The first-order valence-corrected chi connectivity index (χ1v) is 15.1. The van der Waals surface area contributed by atoms with Crippen molar-refractivity contribution in [2.45, 2.75) is 44.7 Å². The summed E-state index contributed by atoms with van der Waals surface area (Å²) in [6.45, 7) is 7.77. The molecular formula is C31H30N8O3S. The lowest BCUT2D eigenvalue weighted by molar-refractivity contribution is 0.0591. The zero-order valence-electron chi connectivity index (χ0n) is 24.1. The maximum atomic E-state index is 12.8. The monoisotopic (exact) mass is 594 g/mol. The minimum atomic E-state index is -3.85. The summed E-state index contributed by atoms with van der Waals surface area (Å²) in [6, 6.07) is 14.2. The molecule has 0 atom stereocenters. The molecule has 0 bridgehead atoms. The first-order chi connectivity index (χ1) is 20.5. The third-order valence-electron chi connectivity index (χ3n) is 6.98. The first kappa shape index (κ1) is 28.2. The molecule has 0 spiro atoms. The summed E-state index contributed by atoms with van der Waals surface area (Å²) in [7, 11) is -3.85. The van der Waals surface area contributed by atoms with E-state index in [2.05, 4.69) is 30.1 Å². The van der Waals surface area contributed by atoms with E-state index in [4.69, 9.17) is 4.98 Å². The van der Waals surface area contributed by atoms with Gasteiger partial charge in [0.05, 0.1) is 34.4 Å². The second-order valence-electron chi connectivity index (χ2n) is 11.1. The lowest BCUT2D eigenvalue weighted by atomic mass is 9.98. The van der Waals surface area contributed by atoms with E-state index in [0.717, 1.165) is 44.1 Å². The highest BCUT2D eigenvalue weighted by Gasteiger charge is 2.19. The lowest BCUT2D eigenvalue weighted by Crippen LogP contribution is -2.26. The molecule has 2 aromatic carbocycles. The number of rotatable bonds is 8. The fourth-order valence-corrected chi connectivity index (χ4v) is 5.84. The van der Waals surface area contributed by atoms with Crippen LogP contribution in [0.15, 0.2) is 84.4 Å². The van der Waals surface area contributed by atoms with Gasteiger partial charge in [-0.15, -0.1) is 0 Å². The van der Waals surface area contributed by atoms with Crippen LogP contribution >= 0.6 is 0 Å². The van der Waals surface area contributed by atoms with Crippen molar-refractivity contribution in [1.29, 1.82) is 0 Å². The fourth-order valence-electron chi connectivity index (χ4n) is 4.88. The number of sulfonamides is 1. The van der Waals surface area contributed by atoms with E-state index >= 15 is 0 Å². The van der Waals surface area contributed by atoms with E-state index < -0.39 is 15.6 Å². The van der Waals surface area contributed by atoms with Crippen molar-refractivity contribution in [3.8, 4) is 11.3 Å². The molecule has 6 aromatic rings. The molecule has 6 rings (SSSR count). The summed E-state index contributed by atoms with van der Waals surface area (Å²) in [5.74, 6) is 0.593. The van der Waals surface area contributed by atoms with Gasteiger partial charge in [-0.2, -0.15) is 5.10 Å². The highest BCUT2D eigenvalue weighted by molar-refractivity contribution is 7.92. The first-order valence-electron chi connectivity index (χ1n) is 13.6. The predicted molar refractivity (Wildman–Crippen MR) is 167 cm³/mol. The molecule has 0 aliphatic heterocycles. The molecule has 0 aliphatic carbocycles. The van der Waals surface area contributed by atoms with Gasteiger partial charge in [0.1, 0.15) is 5.82 Å². The Morgan fingerprint density at radius 2 is 1.63 bits per heavy atom. The summed E-state index contributed by atoms with van der Waals surface area (Å²) >= 11 is 0. The van der Waals surface area contributed by atoms with E-state index in [1.807, 2.05) is 49.0 Å². The molecule has 218 valence electrons. The highest BCUT2D eigenvalue weighted by Crippen LogP contribution is 2.34. The van der Waals surface area contributed by atoms with Gasteiger partial charge in [0.2, 0.25) is 5.95 Å². The molecule has 4 aromatic heterocycles. The minimum absolute atomic E-state index is 0.00917. The number of hydrogen-bond acceptors (Lipinski definition) is 9. The van der Waals surface area contributed by atoms with E-state index in [0.29, 0.717) is 18.1 Å². The molecule has 11 nitrogen and oxygen atoms in total. The van der Waals surface area contributed by atoms with Crippen LogP contribution in [0.3, 0.4) is 0 Å². The molecule has 0 saturated carbocycles. The van der Waals surface area contributed by atoms with Crippen LogP contribution in [-0.2, 0) is 16.6 Å². The Bertz CT molecular complexity index is 2070. The maximum absolute atomic E-state index is 12.8. The van der Waals surface area contributed by atoms with Gasteiger partial charge in [-0.3, -0.25) is 9.67 Å². The topological polar surface area (TPSA) is 148 Å². The number of fused-ring (bicyclic) bond motifs is 2. The number of hydrogen-bond donors (Lipinski definition) is 3. The molecule has 0 amide bonds. The summed E-state index contributed by atoms with van der Waals surface area (Å²) < 4.78 is 29.8. The summed E-state index contributed by atoms with van der Waals surface area (Å²) in [5.41, 5.74) is 4.36. The van der Waals surface area contributed by atoms with Crippen molar-refractivity contribution in [1.82, 2.24) is 29.7 Å². The molecule has 3 N–H and O–H groups in total. The molecule has 4 heterocycles. The van der Waals surface area contributed by atoms with Gasteiger partial charge in [-0.25, -0.2) is 28.1 Å². The maximum Gasteiger partial charge on any atom is 0.264 e. The molecule has 0 aliphatic rings. The minimum Gasteiger partial charge on any atom is -0.389 e. The predicted octanol–water partition coefficient (Wildman–Crippen LogP) is 5.37. The van der Waals surface area contributed by atoms with Crippen molar-refractivity contribution in [2.75, 3.05) is 10.0 Å². The van der Waals surface area contributed by atoms with Crippen molar-refractivity contribution in [3.63, 3.8) is 0 Å². The number of nitrogens with one attached hydrogen (secondary N) is 2. The third kappa shape index (κ3) is 5.87. The third-order valence-corrected chi connectivity index (χ3v) is 8.32. The Morgan fingerprint density at radius 1 is 0.884 bits per heavy atom. The molecule has 0 fully saturated rings. The fraction of sp³-hybridized carbons (Fsp3) is 0.194. The van der Waals surface area contributed by atoms with Crippen molar-refractivity contribution >= 4 is 49.2 Å². The SMILES string of the molecule is Cc1cnc(NS(=O)(=O)c2ccc(Nc3cc4c(-c5ccc6c(cnn6CC(C)(C)O)c5C)nccc4cn3)cc2)nc1. The number of nitrogens with zero attached hydrogens (tertiary/aromatic N) is 6. The van der Waals surface area contributed by atoms with E-state index in [1.165, 1.54) is 12.1 Å². The second kappa shape index (κ2) is 10.7. The van der Waals surface area contributed by atoms with Gasteiger partial charge >= 0.3 is 0 Å². The van der Waals surface area contributed by atoms with Crippen LogP contribution < -0.4 is 10.0 Å². The molecule has 0 unspecified atom stereocenters. The average molecular weight is 595 g/mol. The van der Waals surface area contributed by atoms with Gasteiger partial charge in [0, 0.05) is 52.2 Å². The smallest absolute Gasteiger partial charge is 0.264 e. The summed E-state index contributed by atoms with van der Waals surface area (Å²) in [4.78, 5) is 17.4. The number of benzene rings is 2. The van der Waals surface area contributed by atoms with Crippen LogP contribution in [0.2, 0.25) is 0 Å². The van der Waals surface area contributed by atoms with Crippen molar-refractivity contribution in [3.05, 3.63) is 90.6 Å². The number of aliphatic hydroxyl groups is 1. The average Bonchev–Trinajstić information content (AvgIpc) is 3.36. The molecule has 0 saturated heterocycles. The number of pyridine rings is 2. The molecule has 0 radical (unpaired) electrons. The largest absolute Gasteiger partial charge is 0.389 e. The van der Waals surface area contributed by atoms with Crippen LogP contribution in [-0.4, -0.2) is 48.8 Å². The van der Waals surface area contributed by atoms with Crippen LogP contribution in [0.5, 0.6) is 0 Å². The van der Waals surface area contributed by atoms with E-state index in [-0.39, 0.29) is 10.8 Å². The normalized spacial score (nSPS) is 12.1. The van der Waals surface area contributed by atoms with Crippen molar-refractivity contribution < 1.29 is 13.5 Å².